The Balaban J connectivity index is 1.89. The molecule has 0 saturated carbocycles. The molecule has 0 unspecified atom stereocenters. The van der Waals surface area contributed by atoms with E-state index in [4.69, 9.17) is 9.78 Å². The third-order valence-corrected chi connectivity index (χ3v) is 3.08. The molecule has 0 radical (unpaired) electrons. The second-order valence-corrected chi connectivity index (χ2v) is 4.28. The van der Waals surface area contributed by atoms with E-state index in [1.165, 1.54) is 6.08 Å². The number of aliphatic hydroxyl groups excluding tert-OH is 1. The third kappa shape index (κ3) is 1.90. The van der Waals surface area contributed by atoms with Gasteiger partial charge in [0.1, 0.15) is 18.3 Å². The maximum absolute atomic E-state index is 12.0. The lowest BCUT2D eigenvalue weighted by molar-refractivity contribution is -0.362. The van der Waals surface area contributed by atoms with Gasteiger partial charge in [0.15, 0.2) is 5.78 Å². The molecule has 1 aromatic rings. The summed E-state index contributed by atoms with van der Waals surface area (Å²) >= 11 is 0. The smallest absolute Gasteiger partial charge is 0.185 e. The monoisotopic (exact) mass is 244 g/mol. The Morgan fingerprint density at radius 3 is 2.56 bits per heavy atom. The minimum Gasteiger partial charge on any atom is -0.385 e. The number of hydrogen-bond donors (Lipinski definition) is 1. The quantitative estimate of drug-likeness (QED) is 0.370. The molecule has 2 aliphatic heterocycles. The highest BCUT2D eigenvalue weighted by atomic mass is 17.2. The van der Waals surface area contributed by atoms with Crippen molar-refractivity contribution in [3.05, 3.63) is 59.7 Å². The molecule has 2 bridgehead atoms. The van der Waals surface area contributed by atoms with Crippen molar-refractivity contribution in [2.24, 2.45) is 0 Å². The maximum Gasteiger partial charge on any atom is 0.185 e. The van der Waals surface area contributed by atoms with E-state index in [-0.39, 0.29) is 5.78 Å². The van der Waals surface area contributed by atoms with Gasteiger partial charge in [-0.05, 0) is 12.2 Å². The van der Waals surface area contributed by atoms with Crippen molar-refractivity contribution in [2.75, 3.05) is 0 Å². The zero-order chi connectivity index (χ0) is 12.5. The Labute approximate surface area is 104 Å². The highest BCUT2D eigenvalue weighted by molar-refractivity contribution is 6.05. The van der Waals surface area contributed by atoms with Crippen LogP contribution in [-0.4, -0.2) is 29.2 Å². The topological polar surface area (TPSA) is 55.8 Å². The number of carbonyl (C=O) groups is 1. The summed E-state index contributed by atoms with van der Waals surface area (Å²) in [5.41, 5.74) is 1.13. The predicted octanol–water partition coefficient (Wildman–Crippen LogP) is 1.43. The first-order valence-electron chi connectivity index (χ1n) is 5.75. The van der Waals surface area contributed by atoms with Crippen LogP contribution >= 0.6 is 0 Å². The summed E-state index contributed by atoms with van der Waals surface area (Å²) in [7, 11) is 0. The molecule has 4 heteroatoms. The van der Waals surface area contributed by atoms with Crippen molar-refractivity contribution in [3.8, 4) is 0 Å². The molecular weight excluding hydrogens is 232 g/mol. The second kappa shape index (κ2) is 4.49. The van der Waals surface area contributed by atoms with Gasteiger partial charge in [0, 0.05) is 11.1 Å². The third-order valence-electron chi connectivity index (χ3n) is 3.08. The molecule has 3 aliphatic rings. The molecule has 3 atom stereocenters. The first kappa shape index (κ1) is 11.3. The zero-order valence-corrected chi connectivity index (χ0v) is 9.52. The minimum atomic E-state index is -0.818. The van der Waals surface area contributed by atoms with Crippen LogP contribution in [0.5, 0.6) is 0 Å². The average molecular weight is 244 g/mol. The largest absolute Gasteiger partial charge is 0.385 e. The van der Waals surface area contributed by atoms with E-state index in [1.807, 2.05) is 6.07 Å². The highest BCUT2D eigenvalue weighted by Gasteiger charge is 2.38. The normalized spacial score (nSPS) is 31.8. The van der Waals surface area contributed by atoms with Gasteiger partial charge in [-0.1, -0.05) is 36.4 Å². The SMILES string of the molecule is O=C(/C=C1/[C@@H]2C=C[C@@H](OO2)[C@H]1O)c1ccccc1. The van der Waals surface area contributed by atoms with Gasteiger partial charge in [0.2, 0.25) is 0 Å². The fraction of sp³-hybridized carbons (Fsp3) is 0.214. The molecule has 1 aliphatic carbocycles. The first-order chi connectivity index (χ1) is 8.75. The summed E-state index contributed by atoms with van der Waals surface area (Å²) < 4.78 is 0. The fourth-order valence-electron chi connectivity index (χ4n) is 2.09. The molecule has 4 nitrogen and oxygen atoms in total. The summed E-state index contributed by atoms with van der Waals surface area (Å²) in [4.78, 5) is 22.0. The molecule has 4 rings (SSSR count). The number of aliphatic hydroxyl groups is 1. The van der Waals surface area contributed by atoms with Crippen molar-refractivity contribution >= 4 is 5.78 Å². The van der Waals surface area contributed by atoms with Gasteiger partial charge in [-0.15, -0.1) is 0 Å². The molecule has 1 saturated heterocycles. The van der Waals surface area contributed by atoms with Gasteiger partial charge in [-0.3, -0.25) is 4.79 Å². The van der Waals surface area contributed by atoms with Crippen LogP contribution in [0.4, 0.5) is 0 Å². The van der Waals surface area contributed by atoms with Gasteiger partial charge < -0.3 is 5.11 Å². The zero-order valence-electron chi connectivity index (χ0n) is 9.52. The summed E-state index contributed by atoms with van der Waals surface area (Å²) in [6.45, 7) is 0. The Hall–Kier alpha value is -1.75. The van der Waals surface area contributed by atoms with Crippen LogP contribution in [0.15, 0.2) is 54.1 Å². The molecule has 0 amide bonds. The lowest BCUT2D eigenvalue weighted by atomic mass is 9.90. The minimum absolute atomic E-state index is 0.144. The van der Waals surface area contributed by atoms with Crippen LogP contribution in [0.25, 0.3) is 0 Å². The molecule has 1 fully saturated rings. The van der Waals surface area contributed by atoms with E-state index in [9.17, 15) is 9.90 Å². The predicted molar refractivity (Wildman–Crippen MR) is 63.7 cm³/mol. The van der Waals surface area contributed by atoms with Gasteiger partial charge in [0.05, 0.1) is 0 Å². The van der Waals surface area contributed by atoms with Gasteiger partial charge in [0.25, 0.3) is 0 Å². The van der Waals surface area contributed by atoms with Crippen molar-refractivity contribution < 1.29 is 19.7 Å². The van der Waals surface area contributed by atoms with Crippen LogP contribution in [0.1, 0.15) is 10.4 Å². The Morgan fingerprint density at radius 2 is 1.94 bits per heavy atom. The number of carbonyl (C=O) groups excluding carboxylic acids is 1. The highest BCUT2D eigenvalue weighted by Crippen LogP contribution is 2.30. The first-order valence-corrected chi connectivity index (χ1v) is 5.75. The van der Waals surface area contributed by atoms with Gasteiger partial charge in [-0.25, -0.2) is 9.78 Å². The number of ketones is 1. The molecule has 18 heavy (non-hydrogen) atoms. The second-order valence-electron chi connectivity index (χ2n) is 4.28. The molecular formula is C14H12O4. The lowest BCUT2D eigenvalue weighted by Gasteiger charge is -2.35. The summed E-state index contributed by atoms with van der Waals surface area (Å²) in [5, 5.41) is 9.98. The number of hydrogen-bond acceptors (Lipinski definition) is 4. The van der Waals surface area contributed by atoms with Crippen LogP contribution in [0, 0.1) is 0 Å². The number of benzene rings is 1. The number of allylic oxidation sites excluding steroid dienone is 1. The fourth-order valence-corrected chi connectivity index (χ4v) is 2.09. The lowest BCUT2D eigenvalue weighted by Crippen LogP contribution is -2.44. The van der Waals surface area contributed by atoms with Crippen molar-refractivity contribution in [1.29, 1.82) is 0 Å². The molecule has 0 aromatic heterocycles. The van der Waals surface area contributed by atoms with E-state index in [1.54, 1.807) is 36.4 Å². The Kier molecular flexibility index (Phi) is 2.83. The maximum atomic E-state index is 12.0. The van der Waals surface area contributed by atoms with Crippen molar-refractivity contribution in [2.45, 2.75) is 18.3 Å². The van der Waals surface area contributed by atoms with E-state index in [2.05, 4.69) is 0 Å². The molecule has 1 aromatic carbocycles. The van der Waals surface area contributed by atoms with E-state index >= 15 is 0 Å². The Bertz CT molecular complexity index is 518. The van der Waals surface area contributed by atoms with Crippen molar-refractivity contribution in [3.63, 3.8) is 0 Å². The van der Waals surface area contributed by atoms with Crippen LogP contribution in [0.2, 0.25) is 0 Å². The van der Waals surface area contributed by atoms with Gasteiger partial charge in [-0.2, -0.15) is 0 Å². The van der Waals surface area contributed by atoms with Crippen LogP contribution in [0.3, 0.4) is 0 Å². The molecule has 2 heterocycles. The number of rotatable bonds is 2. The Morgan fingerprint density at radius 1 is 1.17 bits per heavy atom. The molecule has 92 valence electrons. The summed E-state index contributed by atoms with van der Waals surface area (Å²) in [6, 6.07) is 8.92. The van der Waals surface area contributed by atoms with Crippen LogP contribution in [-0.2, 0) is 9.78 Å². The van der Waals surface area contributed by atoms with Crippen LogP contribution < -0.4 is 0 Å². The van der Waals surface area contributed by atoms with Gasteiger partial charge >= 0.3 is 0 Å². The summed E-state index contributed by atoms with van der Waals surface area (Å²) in [5.74, 6) is -0.144. The van der Waals surface area contributed by atoms with E-state index in [0.29, 0.717) is 11.1 Å². The summed E-state index contributed by atoms with van der Waals surface area (Å²) in [6.07, 6.45) is 3.14. The number of fused-ring (bicyclic) bond motifs is 2. The van der Waals surface area contributed by atoms with Crippen molar-refractivity contribution in [1.82, 2.24) is 0 Å². The standard InChI is InChI=1S/C14H12O4/c15-11(9-4-2-1-3-5-9)8-10-12-6-7-13(14(10)16)18-17-12/h1-8,12-14,16H/b10-8-/t12-,13+,14-/m0/s1. The average Bonchev–Trinajstić information content (AvgIpc) is 2.44. The molecule has 1 N–H and O–H groups in total. The van der Waals surface area contributed by atoms with E-state index < -0.39 is 18.3 Å². The molecule has 0 spiro atoms. The van der Waals surface area contributed by atoms with E-state index in [0.717, 1.165) is 0 Å².